The predicted molar refractivity (Wildman–Crippen MR) is 73.4 cm³/mol. The molecule has 0 fully saturated rings. The van der Waals surface area contributed by atoms with Crippen molar-refractivity contribution in [1.82, 2.24) is 4.31 Å². The second kappa shape index (κ2) is 5.16. The van der Waals surface area contributed by atoms with Crippen LogP contribution >= 0.6 is 0 Å². The van der Waals surface area contributed by atoms with E-state index in [2.05, 4.69) is 4.72 Å². The van der Waals surface area contributed by atoms with Gasteiger partial charge in [0.1, 0.15) is 5.75 Å². The standard InChI is InChI=1S/C12H20N2O3S/c1-8-7-11(13-18(15,16)14(4)5)9(2)10(3)12(8)17-6/h7,13H,1-6H3. The average Bonchev–Trinajstić information content (AvgIpc) is 2.25. The number of hydrogen-bond donors (Lipinski definition) is 1. The van der Waals surface area contributed by atoms with Crippen molar-refractivity contribution in [3.63, 3.8) is 0 Å². The molecular weight excluding hydrogens is 252 g/mol. The summed E-state index contributed by atoms with van der Waals surface area (Å²) in [4.78, 5) is 0. The molecule has 1 N–H and O–H groups in total. The van der Waals surface area contributed by atoms with Gasteiger partial charge in [-0.2, -0.15) is 12.7 Å². The van der Waals surface area contributed by atoms with Gasteiger partial charge in [0.05, 0.1) is 12.8 Å². The Bertz CT molecular complexity index is 551. The molecule has 0 aromatic heterocycles. The Labute approximate surface area is 109 Å². The molecule has 0 atom stereocenters. The molecular formula is C12H20N2O3S. The van der Waals surface area contributed by atoms with Gasteiger partial charge in [0, 0.05) is 14.1 Å². The Balaban J connectivity index is 3.29. The molecule has 0 aliphatic rings. The van der Waals surface area contributed by atoms with Crippen molar-refractivity contribution in [3.8, 4) is 5.75 Å². The fraction of sp³-hybridized carbons (Fsp3) is 0.500. The van der Waals surface area contributed by atoms with Crippen molar-refractivity contribution in [2.45, 2.75) is 20.8 Å². The van der Waals surface area contributed by atoms with E-state index in [1.54, 1.807) is 13.2 Å². The van der Waals surface area contributed by atoms with Gasteiger partial charge in [0.15, 0.2) is 0 Å². The quantitative estimate of drug-likeness (QED) is 0.910. The molecule has 0 bridgehead atoms. The maximum Gasteiger partial charge on any atom is 0.301 e. The summed E-state index contributed by atoms with van der Waals surface area (Å²) in [6.07, 6.45) is 0. The first-order valence-electron chi connectivity index (χ1n) is 5.55. The maximum atomic E-state index is 11.8. The highest BCUT2D eigenvalue weighted by molar-refractivity contribution is 7.90. The van der Waals surface area contributed by atoms with E-state index in [0.29, 0.717) is 5.69 Å². The van der Waals surface area contributed by atoms with E-state index in [1.165, 1.54) is 14.1 Å². The lowest BCUT2D eigenvalue weighted by molar-refractivity contribution is 0.408. The minimum absolute atomic E-state index is 0.583. The van der Waals surface area contributed by atoms with Gasteiger partial charge in [-0.25, -0.2) is 0 Å². The van der Waals surface area contributed by atoms with Crippen LogP contribution in [0.1, 0.15) is 16.7 Å². The number of hydrogen-bond acceptors (Lipinski definition) is 3. The van der Waals surface area contributed by atoms with Gasteiger partial charge in [-0.15, -0.1) is 0 Å². The lowest BCUT2D eigenvalue weighted by Crippen LogP contribution is -2.29. The van der Waals surface area contributed by atoms with E-state index < -0.39 is 10.2 Å². The van der Waals surface area contributed by atoms with E-state index in [4.69, 9.17) is 4.74 Å². The van der Waals surface area contributed by atoms with E-state index in [1.807, 2.05) is 20.8 Å². The highest BCUT2D eigenvalue weighted by atomic mass is 32.2. The highest BCUT2D eigenvalue weighted by Gasteiger charge is 2.17. The van der Waals surface area contributed by atoms with Gasteiger partial charge < -0.3 is 4.74 Å². The average molecular weight is 272 g/mol. The van der Waals surface area contributed by atoms with Gasteiger partial charge in [-0.1, -0.05) is 0 Å². The van der Waals surface area contributed by atoms with Gasteiger partial charge in [0.2, 0.25) is 0 Å². The number of nitrogens with one attached hydrogen (secondary N) is 1. The van der Waals surface area contributed by atoms with E-state index >= 15 is 0 Å². The summed E-state index contributed by atoms with van der Waals surface area (Å²) in [5.41, 5.74) is 3.29. The first-order valence-corrected chi connectivity index (χ1v) is 6.99. The van der Waals surface area contributed by atoms with Crippen molar-refractivity contribution in [1.29, 1.82) is 0 Å². The molecule has 6 heteroatoms. The largest absolute Gasteiger partial charge is 0.496 e. The normalized spacial score (nSPS) is 11.7. The van der Waals surface area contributed by atoms with Crippen LogP contribution < -0.4 is 9.46 Å². The van der Waals surface area contributed by atoms with E-state index in [-0.39, 0.29) is 0 Å². The molecule has 0 amide bonds. The third kappa shape index (κ3) is 2.76. The van der Waals surface area contributed by atoms with Crippen LogP contribution in [0.5, 0.6) is 5.75 Å². The third-order valence-electron chi connectivity index (χ3n) is 2.95. The molecule has 0 unspecified atom stereocenters. The van der Waals surface area contributed by atoms with Crippen molar-refractivity contribution < 1.29 is 13.2 Å². The molecule has 5 nitrogen and oxygen atoms in total. The van der Waals surface area contributed by atoms with Crippen molar-refractivity contribution in [2.75, 3.05) is 25.9 Å². The summed E-state index contributed by atoms with van der Waals surface area (Å²) in [5, 5.41) is 0. The van der Waals surface area contributed by atoms with Gasteiger partial charge >= 0.3 is 10.2 Å². The maximum absolute atomic E-state index is 11.8. The molecule has 1 aromatic rings. The molecule has 1 aromatic carbocycles. The minimum atomic E-state index is -3.48. The predicted octanol–water partition coefficient (Wildman–Crippen LogP) is 1.84. The molecule has 0 aliphatic heterocycles. The molecule has 0 saturated heterocycles. The van der Waals surface area contributed by atoms with Crippen LogP contribution in [0, 0.1) is 20.8 Å². The van der Waals surface area contributed by atoms with Gasteiger partial charge in [-0.05, 0) is 43.5 Å². The fourth-order valence-corrected chi connectivity index (χ4v) is 2.38. The third-order valence-corrected chi connectivity index (χ3v) is 4.39. The molecule has 0 radical (unpaired) electrons. The SMILES string of the molecule is COc1c(C)cc(NS(=O)(=O)N(C)C)c(C)c1C. The first kappa shape index (κ1) is 14.8. The van der Waals surface area contributed by atoms with Crippen molar-refractivity contribution >= 4 is 15.9 Å². The summed E-state index contributed by atoms with van der Waals surface area (Å²) in [5.74, 6) is 0.792. The fourth-order valence-electron chi connectivity index (χ4n) is 1.71. The van der Waals surface area contributed by atoms with Crippen LogP contribution in [-0.4, -0.2) is 33.9 Å². The van der Waals surface area contributed by atoms with Crippen LogP contribution in [0.2, 0.25) is 0 Å². The number of nitrogens with zero attached hydrogens (tertiary/aromatic N) is 1. The van der Waals surface area contributed by atoms with Crippen LogP contribution in [0.15, 0.2) is 6.07 Å². The zero-order chi connectivity index (χ0) is 14.1. The summed E-state index contributed by atoms with van der Waals surface area (Å²) in [7, 11) is 1.10. The molecule has 0 saturated carbocycles. The lowest BCUT2D eigenvalue weighted by Gasteiger charge is -2.19. The number of methoxy groups -OCH3 is 1. The zero-order valence-corrected chi connectivity index (χ0v) is 12.5. The number of rotatable bonds is 4. The van der Waals surface area contributed by atoms with Crippen LogP contribution in [-0.2, 0) is 10.2 Å². The minimum Gasteiger partial charge on any atom is -0.496 e. The summed E-state index contributed by atoms with van der Waals surface area (Å²) < 4.78 is 32.6. The van der Waals surface area contributed by atoms with Crippen LogP contribution in [0.4, 0.5) is 5.69 Å². The molecule has 0 heterocycles. The second-order valence-corrected chi connectivity index (χ2v) is 6.30. The first-order chi connectivity index (χ1) is 8.20. The molecule has 1 rings (SSSR count). The highest BCUT2D eigenvalue weighted by Crippen LogP contribution is 2.31. The molecule has 18 heavy (non-hydrogen) atoms. The van der Waals surface area contributed by atoms with Crippen molar-refractivity contribution in [3.05, 3.63) is 22.8 Å². The summed E-state index contributed by atoms with van der Waals surface area (Å²) in [6.45, 7) is 5.66. The number of anilines is 1. The summed E-state index contributed by atoms with van der Waals surface area (Å²) >= 11 is 0. The Morgan fingerprint density at radius 2 is 1.72 bits per heavy atom. The number of ether oxygens (including phenoxy) is 1. The van der Waals surface area contributed by atoms with Crippen LogP contribution in [0.25, 0.3) is 0 Å². The molecule has 0 spiro atoms. The number of benzene rings is 1. The zero-order valence-electron chi connectivity index (χ0n) is 11.7. The topological polar surface area (TPSA) is 58.6 Å². The van der Waals surface area contributed by atoms with Crippen LogP contribution in [0.3, 0.4) is 0 Å². The van der Waals surface area contributed by atoms with Gasteiger partial charge in [-0.3, -0.25) is 4.72 Å². The van der Waals surface area contributed by atoms with E-state index in [9.17, 15) is 8.42 Å². The Hall–Kier alpha value is -1.27. The lowest BCUT2D eigenvalue weighted by atomic mass is 10.0. The number of aryl methyl sites for hydroxylation is 1. The van der Waals surface area contributed by atoms with Crippen molar-refractivity contribution in [2.24, 2.45) is 0 Å². The monoisotopic (exact) mass is 272 g/mol. The Kier molecular flexibility index (Phi) is 4.24. The second-order valence-electron chi connectivity index (χ2n) is 4.41. The Morgan fingerprint density at radius 1 is 1.17 bits per heavy atom. The smallest absolute Gasteiger partial charge is 0.301 e. The molecule has 0 aliphatic carbocycles. The van der Waals surface area contributed by atoms with E-state index in [0.717, 1.165) is 26.7 Å². The Morgan fingerprint density at radius 3 is 2.17 bits per heavy atom. The van der Waals surface area contributed by atoms with Gasteiger partial charge in [0.25, 0.3) is 0 Å². The molecule has 102 valence electrons. The summed E-state index contributed by atoms with van der Waals surface area (Å²) in [6, 6.07) is 1.78.